The summed E-state index contributed by atoms with van der Waals surface area (Å²) in [5, 5.41) is 0. The average molecular weight is 110 g/mol. The van der Waals surface area contributed by atoms with E-state index in [4.69, 9.17) is 0 Å². The lowest BCUT2D eigenvalue weighted by molar-refractivity contribution is 0.586. The highest BCUT2D eigenvalue weighted by molar-refractivity contribution is 4.85. The molecule has 0 aromatic rings. The molecule has 1 rings (SSSR count). The SMILES string of the molecule is C=CC1CC[C@H](C)C1. The Morgan fingerprint density at radius 3 is 2.50 bits per heavy atom. The minimum absolute atomic E-state index is 0.838. The van der Waals surface area contributed by atoms with Crippen molar-refractivity contribution in [2.24, 2.45) is 11.8 Å². The van der Waals surface area contributed by atoms with Crippen LogP contribution in [0.4, 0.5) is 0 Å². The Hall–Kier alpha value is -0.260. The molecule has 0 heterocycles. The molecule has 0 spiro atoms. The number of hydrogen-bond acceptors (Lipinski definition) is 0. The van der Waals surface area contributed by atoms with Crippen molar-refractivity contribution in [1.82, 2.24) is 0 Å². The molecular formula is C8H14. The maximum atomic E-state index is 3.78. The maximum absolute atomic E-state index is 3.78. The van der Waals surface area contributed by atoms with Crippen LogP contribution < -0.4 is 0 Å². The first-order valence-electron chi connectivity index (χ1n) is 3.45. The van der Waals surface area contributed by atoms with Crippen molar-refractivity contribution in [3.8, 4) is 0 Å². The van der Waals surface area contributed by atoms with Gasteiger partial charge in [-0.2, -0.15) is 0 Å². The van der Waals surface area contributed by atoms with Crippen molar-refractivity contribution in [3.05, 3.63) is 12.7 Å². The summed E-state index contributed by atoms with van der Waals surface area (Å²) < 4.78 is 0. The van der Waals surface area contributed by atoms with Gasteiger partial charge in [-0.3, -0.25) is 0 Å². The molecule has 0 bridgehead atoms. The molecule has 46 valence electrons. The third kappa shape index (κ3) is 1.12. The zero-order valence-electron chi connectivity index (χ0n) is 5.56. The summed E-state index contributed by atoms with van der Waals surface area (Å²) in [6, 6.07) is 0. The van der Waals surface area contributed by atoms with Crippen LogP contribution in [0.1, 0.15) is 26.2 Å². The molecule has 0 saturated heterocycles. The minimum atomic E-state index is 0.838. The summed E-state index contributed by atoms with van der Waals surface area (Å²) in [6.07, 6.45) is 6.27. The molecule has 0 nitrogen and oxygen atoms in total. The third-order valence-corrected chi connectivity index (χ3v) is 2.07. The lowest BCUT2D eigenvalue weighted by atomic mass is 10.1. The quantitative estimate of drug-likeness (QED) is 0.455. The van der Waals surface area contributed by atoms with Crippen LogP contribution in [0.2, 0.25) is 0 Å². The molecule has 0 amide bonds. The average Bonchev–Trinajstić information content (AvgIpc) is 2.14. The van der Waals surface area contributed by atoms with Crippen molar-refractivity contribution < 1.29 is 0 Å². The van der Waals surface area contributed by atoms with Crippen molar-refractivity contribution in [2.45, 2.75) is 26.2 Å². The summed E-state index contributed by atoms with van der Waals surface area (Å²) in [7, 11) is 0. The van der Waals surface area contributed by atoms with E-state index in [1.165, 1.54) is 19.3 Å². The van der Waals surface area contributed by atoms with E-state index in [1.807, 2.05) is 0 Å². The second kappa shape index (κ2) is 2.34. The van der Waals surface area contributed by atoms with Gasteiger partial charge in [-0.1, -0.05) is 19.4 Å². The molecule has 0 N–H and O–H groups in total. The van der Waals surface area contributed by atoms with Gasteiger partial charge in [-0.15, -0.1) is 6.58 Å². The molecular weight excluding hydrogens is 96.1 g/mol. The summed E-state index contributed by atoms with van der Waals surface area (Å²) in [6.45, 7) is 6.10. The smallest absolute Gasteiger partial charge is 0.0234 e. The van der Waals surface area contributed by atoms with Crippen molar-refractivity contribution in [3.63, 3.8) is 0 Å². The Balaban J connectivity index is 2.32. The molecule has 0 radical (unpaired) electrons. The number of allylic oxidation sites excluding steroid dienone is 1. The Morgan fingerprint density at radius 2 is 2.25 bits per heavy atom. The van der Waals surface area contributed by atoms with Crippen LogP contribution in [-0.2, 0) is 0 Å². The summed E-state index contributed by atoms with van der Waals surface area (Å²) in [5.74, 6) is 1.79. The van der Waals surface area contributed by atoms with Gasteiger partial charge in [0.15, 0.2) is 0 Å². The molecule has 8 heavy (non-hydrogen) atoms. The molecule has 1 unspecified atom stereocenters. The van der Waals surface area contributed by atoms with E-state index < -0.39 is 0 Å². The first-order valence-corrected chi connectivity index (χ1v) is 3.45. The van der Waals surface area contributed by atoms with E-state index >= 15 is 0 Å². The van der Waals surface area contributed by atoms with Crippen LogP contribution in [-0.4, -0.2) is 0 Å². The normalized spacial score (nSPS) is 37.6. The molecule has 0 aromatic carbocycles. The van der Waals surface area contributed by atoms with Gasteiger partial charge in [0.25, 0.3) is 0 Å². The van der Waals surface area contributed by atoms with Gasteiger partial charge >= 0.3 is 0 Å². The van der Waals surface area contributed by atoms with Crippen molar-refractivity contribution in [2.75, 3.05) is 0 Å². The summed E-state index contributed by atoms with van der Waals surface area (Å²) >= 11 is 0. The van der Waals surface area contributed by atoms with Gasteiger partial charge in [-0.05, 0) is 24.7 Å². The number of hydrogen-bond donors (Lipinski definition) is 0. The van der Waals surface area contributed by atoms with E-state index in [0.29, 0.717) is 0 Å². The van der Waals surface area contributed by atoms with E-state index in [9.17, 15) is 0 Å². The van der Waals surface area contributed by atoms with Crippen molar-refractivity contribution >= 4 is 0 Å². The van der Waals surface area contributed by atoms with Gasteiger partial charge in [0.2, 0.25) is 0 Å². The van der Waals surface area contributed by atoms with Gasteiger partial charge < -0.3 is 0 Å². The summed E-state index contributed by atoms with van der Waals surface area (Å²) in [4.78, 5) is 0. The molecule has 1 fully saturated rings. The highest BCUT2D eigenvalue weighted by Gasteiger charge is 2.17. The van der Waals surface area contributed by atoms with Crippen LogP contribution in [0.3, 0.4) is 0 Å². The van der Waals surface area contributed by atoms with Gasteiger partial charge in [0.05, 0.1) is 0 Å². The fourth-order valence-electron chi connectivity index (χ4n) is 1.47. The topological polar surface area (TPSA) is 0 Å². The largest absolute Gasteiger partial charge is 0.103 e. The van der Waals surface area contributed by atoms with Gasteiger partial charge in [0.1, 0.15) is 0 Å². The first kappa shape index (κ1) is 5.87. The van der Waals surface area contributed by atoms with E-state index in [-0.39, 0.29) is 0 Å². The molecule has 0 aromatic heterocycles. The second-order valence-corrected chi connectivity index (χ2v) is 2.91. The monoisotopic (exact) mass is 110 g/mol. The van der Waals surface area contributed by atoms with E-state index in [0.717, 1.165) is 11.8 Å². The fraction of sp³-hybridized carbons (Fsp3) is 0.750. The Labute approximate surface area is 51.6 Å². The number of rotatable bonds is 1. The highest BCUT2D eigenvalue weighted by Crippen LogP contribution is 2.30. The summed E-state index contributed by atoms with van der Waals surface area (Å²) in [5.41, 5.74) is 0. The molecule has 1 aliphatic carbocycles. The fourth-order valence-corrected chi connectivity index (χ4v) is 1.47. The predicted molar refractivity (Wildman–Crippen MR) is 36.7 cm³/mol. The minimum Gasteiger partial charge on any atom is -0.103 e. The standard InChI is InChI=1S/C8H14/c1-3-8-5-4-7(2)6-8/h3,7-8H,1,4-6H2,2H3/t7-,8?/m0/s1. The molecule has 0 heteroatoms. The second-order valence-electron chi connectivity index (χ2n) is 2.91. The van der Waals surface area contributed by atoms with Crippen LogP contribution in [0.15, 0.2) is 12.7 Å². The van der Waals surface area contributed by atoms with Crippen LogP contribution in [0.5, 0.6) is 0 Å². The Kier molecular flexibility index (Phi) is 1.72. The molecule has 0 aliphatic heterocycles. The Bertz CT molecular complexity index is 84.0. The highest BCUT2D eigenvalue weighted by atomic mass is 14.2. The lowest BCUT2D eigenvalue weighted by Gasteiger charge is -1.98. The zero-order chi connectivity index (χ0) is 5.98. The lowest BCUT2D eigenvalue weighted by Crippen LogP contribution is -1.86. The van der Waals surface area contributed by atoms with Crippen LogP contribution in [0, 0.1) is 11.8 Å². The molecule has 1 aliphatic rings. The zero-order valence-corrected chi connectivity index (χ0v) is 5.56. The van der Waals surface area contributed by atoms with Crippen LogP contribution >= 0.6 is 0 Å². The van der Waals surface area contributed by atoms with Gasteiger partial charge in [-0.25, -0.2) is 0 Å². The van der Waals surface area contributed by atoms with Gasteiger partial charge in [0, 0.05) is 0 Å². The van der Waals surface area contributed by atoms with E-state index in [1.54, 1.807) is 0 Å². The van der Waals surface area contributed by atoms with Crippen molar-refractivity contribution in [1.29, 1.82) is 0 Å². The first-order chi connectivity index (χ1) is 3.83. The third-order valence-electron chi connectivity index (χ3n) is 2.07. The Morgan fingerprint density at radius 1 is 1.50 bits per heavy atom. The molecule has 2 atom stereocenters. The maximum Gasteiger partial charge on any atom is -0.0234 e. The van der Waals surface area contributed by atoms with E-state index in [2.05, 4.69) is 19.6 Å². The molecule has 1 saturated carbocycles. The predicted octanol–water partition coefficient (Wildman–Crippen LogP) is 2.61. The van der Waals surface area contributed by atoms with Crippen LogP contribution in [0.25, 0.3) is 0 Å².